The molecule has 8 heteroatoms. The van der Waals surface area contributed by atoms with Gasteiger partial charge in [0.1, 0.15) is 18.5 Å². The van der Waals surface area contributed by atoms with Gasteiger partial charge < -0.3 is 19.3 Å². The maximum absolute atomic E-state index is 13.4. The lowest BCUT2D eigenvalue weighted by molar-refractivity contribution is -0.559. The smallest absolute Gasteiger partial charge is 0.389 e. The number of pyridine rings is 1. The Kier molecular flexibility index (Phi) is 6.77. The molecular weight excluding hydrogens is 437 g/mol. The molecule has 0 aliphatic carbocycles. The normalized spacial score (nSPS) is 15.1. The van der Waals surface area contributed by atoms with Crippen LogP contribution in [-0.4, -0.2) is 51.6 Å². The van der Waals surface area contributed by atoms with E-state index in [2.05, 4.69) is 0 Å². The molecule has 1 aliphatic heterocycles. The quantitative estimate of drug-likeness (QED) is 0.546. The van der Waals surface area contributed by atoms with Gasteiger partial charge in [-0.05, 0) is 29.8 Å². The molecule has 1 aromatic heterocycles. The number of carbonyl (C=O) groups excluding carboxylic acids is 1. The average molecular weight is 465 g/mol. The zero-order chi connectivity index (χ0) is 24.2. The molecule has 1 unspecified atom stereocenters. The van der Waals surface area contributed by atoms with Crippen LogP contribution in [-0.2, 0) is 17.9 Å². The Morgan fingerprint density at radius 1 is 1.12 bits per heavy atom. The minimum atomic E-state index is -0.366. The number of benzene rings is 2. The first-order valence-electron chi connectivity index (χ1n) is 11.0. The summed E-state index contributed by atoms with van der Waals surface area (Å²) in [5.74, 6) is -0.531. The van der Waals surface area contributed by atoms with Gasteiger partial charge >= 0.3 is 5.90 Å². The summed E-state index contributed by atoms with van der Waals surface area (Å²) in [4.78, 5) is 26.9. The van der Waals surface area contributed by atoms with Crippen molar-refractivity contribution >= 4 is 11.8 Å². The molecule has 1 atom stereocenters. The van der Waals surface area contributed by atoms with Crippen molar-refractivity contribution in [2.45, 2.75) is 25.6 Å². The predicted octanol–water partition coefficient (Wildman–Crippen LogP) is 3.12. The van der Waals surface area contributed by atoms with Gasteiger partial charge in [-0.25, -0.2) is 4.39 Å². The fourth-order valence-electron chi connectivity index (χ4n) is 4.00. The van der Waals surface area contributed by atoms with Crippen molar-refractivity contribution in [2.75, 3.05) is 20.6 Å². The Morgan fingerprint density at radius 2 is 1.82 bits per heavy atom. The second kappa shape index (κ2) is 9.91. The van der Waals surface area contributed by atoms with E-state index >= 15 is 0 Å². The number of hydrogen-bond donors (Lipinski definition) is 1. The lowest BCUT2D eigenvalue weighted by atomic mass is 10.1. The first kappa shape index (κ1) is 23.2. The number of fused-ring (bicyclic) bond motifs is 1. The molecule has 176 valence electrons. The number of aliphatic hydroxyl groups excluding tert-OH is 1. The third kappa shape index (κ3) is 5.01. The van der Waals surface area contributed by atoms with E-state index in [4.69, 9.17) is 4.74 Å². The summed E-state index contributed by atoms with van der Waals surface area (Å²) >= 11 is 0. The predicted molar refractivity (Wildman–Crippen MR) is 126 cm³/mol. The van der Waals surface area contributed by atoms with Crippen molar-refractivity contribution in [1.29, 1.82) is 0 Å². The van der Waals surface area contributed by atoms with Crippen LogP contribution in [0.3, 0.4) is 0 Å². The summed E-state index contributed by atoms with van der Waals surface area (Å²) in [5, 5.41) is 11.2. The molecule has 7 nitrogen and oxygen atoms in total. The Balaban J connectivity index is 1.76. The van der Waals surface area contributed by atoms with Crippen molar-refractivity contribution in [3.63, 3.8) is 0 Å². The SMILES string of the molecule is CN(C)C(=O)CC1C[N+](Cc2ccc(F)cc2)=C(O)c2c(OCc3ccccc3)c(=O)ccn21. The van der Waals surface area contributed by atoms with Crippen molar-refractivity contribution < 1.29 is 23.6 Å². The van der Waals surface area contributed by atoms with Gasteiger partial charge in [-0.15, -0.1) is 0 Å². The third-order valence-corrected chi connectivity index (χ3v) is 5.84. The number of ether oxygens (including phenoxy) is 1. The highest BCUT2D eigenvalue weighted by Crippen LogP contribution is 2.27. The molecular formula is C26H27FN3O4+. The number of aliphatic hydroxyl groups is 1. The first-order valence-corrected chi connectivity index (χ1v) is 11.0. The molecule has 0 spiro atoms. The van der Waals surface area contributed by atoms with Crippen LogP contribution in [0.4, 0.5) is 4.39 Å². The van der Waals surface area contributed by atoms with E-state index in [0.717, 1.165) is 11.1 Å². The summed E-state index contributed by atoms with van der Waals surface area (Å²) in [6, 6.07) is 16.5. The highest BCUT2D eigenvalue weighted by atomic mass is 19.1. The number of nitrogens with zero attached hydrogens (tertiary/aromatic N) is 3. The molecule has 0 saturated carbocycles. The summed E-state index contributed by atoms with van der Waals surface area (Å²) in [6.07, 6.45) is 1.76. The largest absolute Gasteiger partial charge is 0.482 e. The zero-order valence-electron chi connectivity index (χ0n) is 19.1. The maximum atomic E-state index is 13.4. The summed E-state index contributed by atoms with van der Waals surface area (Å²) < 4.78 is 22.7. The minimum Gasteiger partial charge on any atom is -0.482 e. The molecule has 4 rings (SSSR count). The van der Waals surface area contributed by atoms with Crippen molar-refractivity contribution in [3.05, 3.63) is 99.7 Å². The van der Waals surface area contributed by atoms with Gasteiger partial charge in [0.2, 0.25) is 22.8 Å². The number of carbonyl (C=O) groups is 1. The van der Waals surface area contributed by atoms with E-state index in [9.17, 15) is 19.1 Å². The summed E-state index contributed by atoms with van der Waals surface area (Å²) in [7, 11) is 3.37. The van der Waals surface area contributed by atoms with Crippen LogP contribution >= 0.6 is 0 Å². The van der Waals surface area contributed by atoms with E-state index in [-0.39, 0.29) is 60.1 Å². The average Bonchev–Trinajstić information content (AvgIpc) is 2.83. The van der Waals surface area contributed by atoms with Gasteiger partial charge in [0.25, 0.3) is 0 Å². The topological polar surface area (TPSA) is 74.8 Å². The van der Waals surface area contributed by atoms with Gasteiger partial charge in [-0.3, -0.25) is 9.59 Å². The van der Waals surface area contributed by atoms with E-state index in [0.29, 0.717) is 6.54 Å². The number of rotatable bonds is 7. The zero-order valence-corrected chi connectivity index (χ0v) is 19.1. The van der Waals surface area contributed by atoms with Crippen LogP contribution in [0, 0.1) is 5.82 Å². The monoisotopic (exact) mass is 464 g/mol. The summed E-state index contributed by atoms with van der Waals surface area (Å²) in [5.41, 5.74) is 1.52. The maximum Gasteiger partial charge on any atom is 0.389 e. The minimum absolute atomic E-state index is 0.0231. The van der Waals surface area contributed by atoms with Crippen molar-refractivity contribution in [2.24, 2.45) is 0 Å². The molecule has 0 bridgehead atoms. The van der Waals surface area contributed by atoms with Crippen molar-refractivity contribution in [3.8, 4) is 5.75 Å². The highest BCUT2D eigenvalue weighted by Gasteiger charge is 2.37. The van der Waals surface area contributed by atoms with Gasteiger partial charge in [-0.2, -0.15) is 4.58 Å². The fourth-order valence-corrected chi connectivity index (χ4v) is 4.00. The van der Waals surface area contributed by atoms with E-state index in [1.165, 1.54) is 23.1 Å². The van der Waals surface area contributed by atoms with Crippen molar-refractivity contribution in [1.82, 2.24) is 9.47 Å². The highest BCUT2D eigenvalue weighted by molar-refractivity contribution is 5.90. The molecule has 2 aromatic carbocycles. The third-order valence-electron chi connectivity index (χ3n) is 5.84. The van der Waals surface area contributed by atoms with Crippen LogP contribution in [0.15, 0.2) is 71.7 Å². The van der Waals surface area contributed by atoms with Crippen LogP contribution in [0.1, 0.15) is 29.3 Å². The molecule has 1 N–H and O–H groups in total. The first-order chi connectivity index (χ1) is 16.3. The molecule has 34 heavy (non-hydrogen) atoms. The van der Waals surface area contributed by atoms with Crippen LogP contribution in [0.2, 0.25) is 0 Å². The van der Waals surface area contributed by atoms with Gasteiger partial charge in [0.05, 0.1) is 6.42 Å². The second-order valence-electron chi connectivity index (χ2n) is 8.52. The number of aromatic nitrogens is 1. The van der Waals surface area contributed by atoms with Crippen LogP contribution < -0.4 is 10.2 Å². The lowest BCUT2D eigenvalue weighted by Gasteiger charge is -2.27. The van der Waals surface area contributed by atoms with Crippen LogP contribution in [0.25, 0.3) is 0 Å². The fraction of sp³-hybridized carbons (Fsp3) is 0.269. The summed E-state index contributed by atoms with van der Waals surface area (Å²) in [6.45, 7) is 0.760. The molecule has 3 aromatic rings. The second-order valence-corrected chi connectivity index (χ2v) is 8.52. The van der Waals surface area contributed by atoms with Crippen LogP contribution in [0.5, 0.6) is 5.75 Å². The molecule has 0 fully saturated rings. The Bertz CT molecular complexity index is 1270. The molecule has 0 saturated heterocycles. The van der Waals surface area contributed by atoms with Gasteiger partial charge in [-0.1, -0.05) is 30.3 Å². The Hall–Kier alpha value is -3.94. The van der Waals surface area contributed by atoms with E-state index < -0.39 is 0 Å². The Labute approximate surface area is 197 Å². The van der Waals surface area contributed by atoms with E-state index in [1.807, 2.05) is 30.3 Å². The van der Waals surface area contributed by atoms with E-state index in [1.54, 1.807) is 41.6 Å². The molecule has 1 aliphatic rings. The molecule has 0 radical (unpaired) electrons. The lowest BCUT2D eigenvalue weighted by Crippen LogP contribution is -2.40. The Morgan fingerprint density at radius 3 is 2.50 bits per heavy atom. The number of hydrogen-bond acceptors (Lipinski definition) is 3. The standard InChI is InChI=1S/C26H26FN3O4/c1-28(2)23(32)14-21-16-29(15-18-8-10-20(27)11-9-18)26(33)24-25(22(31)12-13-30(21)24)34-17-19-6-4-3-5-7-19/h3-13,21H,14-17H2,1-2H3/p+1. The number of amides is 1. The number of halogens is 1. The molecule has 2 heterocycles. The molecule has 1 amide bonds. The van der Waals surface area contributed by atoms with Gasteiger partial charge in [0, 0.05) is 31.9 Å². The van der Waals surface area contributed by atoms with Gasteiger partial charge in [0.15, 0.2) is 13.1 Å².